The van der Waals surface area contributed by atoms with Crippen molar-refractivity contribution in [3.8, 4) is 0 Å². The molecule has 20 heavy (non-hydrogen) atoms. The van der Waals surface area contributed by atoms with Crippen LogP contribution in [0.1, 0.15) is 37.0 Å². The van der Waals surface area contributed by atoms with Gasteiger partial charge in [-0.25, -0.2) is 0 Å². The van der Waals surface area contributed by atoms with Crippen molar-refractivity contribution in [3.63, 3.8) is 0 Å². The summed E-state index contributed by atoms with van der Waals surface area (Å²) in [5.74, 6) is 0.105. The second kappa shape index (κ2) is 7.29. The van der Waals surface area contributed by atoms with Crippen LogP contribution >= 0.6 is 0 Å². The Hall–Kier alpha value is -1.55. The summed E-state index contributed by atoms with van der Waals surface area (Å²) in [6.07, 6.45) is 2.22. The topological polar surface area (TPSA) is 41.6 Å². The van der Waals surface area contributed by atoms with Crippen molar-refractivity contribution in [1.82, 2.24) is 4.90 Å². The molecule has 4 nitrogen and oxygen atoms in total. The lowest BCUT2D eigenvalue weighted by atomic mass is 10.1. The number of hydrogen-bond acceptors (Lipinski definition) is 3. The molecule has 1 unspecified atom stereocenters. The van der Waals surface area contributed by atoms with E-state index in [0.29, 0.717) is 19.7 Å². The summed E-state index contributed by atoms with van der Waals surface area (Å²) in [6, 6.07) is 7.74. The molecule has 1 aromatic rings. The zero-order valence-electron chi connectivity index (χ0n) is 12.4. The molecular formula is C16H24N2O2. The minimum absolute atomic E-state index is 0.105. The number of amides is 1. The van der Waals surface area contributed by atoms with Crippen LogP contribution in [0.4, 0.5) is 5.69 Å². The first-order valence-corrected chi connectivity index (χ1v) is 7.49. The Balaban J connectivity index is 1.98. The number of carbonyl (C=O) groups excluding carboxylic acids is 1. The number of nitrogens with zero attached hydrogens (tertiary/aromatic N) is 1. The maximum atomic E-state index is 12.4. The van der Waals surface area contributed by atoms with Gasteiger partial charge in [0.1, 0.15) is 0 Å². The highest BCUT2D eigenvalue weighted by Crippen LogP contribution is 2.15. The summed E-state index contributed by atoms with van der Waals surface area (Å²) in [5.41, 5.74) is 1.82. The molecule has 0 bridgehead atoms. The van der Waals surface area contributed by atoms with Crippen molar-refractivity contribution in [2.24, 2.45) is 0 Å². The highest BCUT2D eigenvalue weighted by Gasteiger charge is 2.23. The molecule has 1 heterocycles. The minimum Gasteiger partial charge on any atom is -0.385 e. The van der Waals surface area contributed by atoms with Gasteiger partial charge >= 0.3 is 0 Å². The highest BCUT2D eigenvalue weighted by molar-refractivity contribution is 5.94. The average molecular weight is 276 g/mol. The van der Waals surface area contributed by atoms with Gasteiger partial charge in [-0.15, -0.1) is 0 Å². The van der Waals surface area contributed by atoms with E-state index in [1.54, 1.807) is 0 Å². The van der Waals surface area contributed by atoms with Gasteiger partial charge in [-0.2, -0.15) is 0 Å². The first-order chi connectivity index (χ1) is 9.74. The number of anilines is 1. The van der Waals surface area contributed by atoms with Crippen LogP contribution < -0.4 is 5.32 Å². The Labute approximate surface area is 121 Å². The first-order valence-electron chi connectivity index (χ1n) is 7.49. The molecule has 0 radical (unpaired) electrons. The fourth-order valence-electron chi connectivity index (χ4n) is 2.33. The lowest BCUT2D eigenvalue weighted by Gasteiger charge is -2.32. The van der Waals surface area contributed by atoms with Gasteiger partial charge < -0.3 is 15.0 Å². The molecule has 110 valence electrons. The quantitative estimate of drug-likeness (QED) is 0.899. The van der Waals surface area contributed by atoms with Crippen LogP contribution in [0, 0.1) is 0 Å². The smallest absolute Gasteiger partial charge is 0.254 e. The van der Waals surface area contributed by atoms with E-state index >= 15 is 0 Å². The van der Waals surface area contributed by atoms with Crippen molar-refractivity contribution in [2.45, 2.75) is 32.8 Å². The monoisotopic (exact) mass is 276 g/mol. The summed E-state index contributed by atoms with van der Waals surface area (Å²) in [4.78, 5) is 14.3. The van der Waals surface area contributed by atoms with Crippen LogP contribution in [0.3, 0.4) is 0 Å². The largest absolute Gasteiger partial charge is 0.385 e. The standard InChI is InChI=1S/C16H24N2O2/c1-3-9-17-14-7-5-13(6-8-14)16(19)18-10-11-20-15(4-2)12-18/h5-8,15,17H,3-4,9-12H2,1-2H3. The SMILES string of the molecule is CCCNc1ccc(C(=O)N2CCOC(CC)C2)cc1. The van der Waals surface area contributed by atoms with Crippen molar-refractivity contribution in [3.05, 3.63) is 29.8 Å². The number of hydrogen-bond donors (Lipinski definition) is 1. The van der Waals surface area contributed by atoms with E-state index in [4.69, 9.17) is 4.74 Å². The Bertz CT molecular complexity index is 431. The summed E-state index contributed by atoms with van der Waals surface area (Å²) in [7, 11) is 0. The summed E-state index contributed by atoms with van der Waals surface area (Å²) >= 11 is 0. The lowest BCUT2D eigenvalue weighted by molar-refractivity contribution is -0.0226. The van der Waals surface area contributed by atoms with Crippen molar-refractivity contribution in [1.29, 1.82) is 0 Å². The Morgan fingerprint density at radius 3 is 2.75 bits per heavy atom. The fourth-order valence-corrected chi connectivity index (χ4v) is 2.33. The third kappa shape index (κ3) is 3.73. The van der Waals surface area contributed by atoms with E-state index in [-0.39, 0.29) is 12.0 Å². The van der Waals surface area contributed by atoms with E-state index in [0.717, 1.165) is 30.6 Å². The molecule has 1 aliphatic heterocycles. The fraction of sp³-hybridized carbons (Fsp3) is 0.562. The van der Waals surface area contributed by atoms with Crippen molar-refractivity contribution in [2.75, 3.05) is 31.6 Å². The van der Waals surface area contributed by atoms with Gasteiger partial charge in [-0.3, -0.25) is 4.79 Å². The summed E-state index contributed by atoms with van der Waals surface area (Å²) < 4.78 is 5.60. The van der Waals surface area contributed by atoms with Crippen LogP contribution in [0.15, 0.2) is 24.3 Å². The second-order valence-corrected chi connectivity index (χ2v) is 5.16. The Morgan fingerprint density at radius 1 is 1.35 bits per heavy atom. The molecule has 1 fully saturated rings. The van der Waals surface area contributed by atoms with Crippen LogP contribution in [0.25, 0.3) is 0 Å². The summed E-state index contributed by atoms with van der Waals surface area (Å²) in [5, 5.41) is 3.31. The van der Waals surface area contributed by atoms with Crippen molar-refractivity contribution >= 4 is 11.6 Å². The van der Waals surface area contributed by atoms with E-state index in [9.17, 15) is 4.79 Å². The van der Waals surface area contributed by atoms with Crippen LogP contribution in [0.5, 0.6) is 0 Å². The number of morpholine rings is 1. The molecule has 1 saturated heterocycles. The third-order valence-corrected chi connectivity index (χ3v) is 3.59. The van der Waals surface area contributed by atoms with E-state index < -0.39 is 0 Å². The van der Waals surface area contributed by atoms with Gasteiger partial charge in [0.25, 0.3) is 5.91 Å². The normalized spacial score (nSPS) is 18.9. The zero-order valence-corrected chi connectivity index (χ0v) is 12.4. The van der Waals surface area contributed by atoms with Crippen LogP contribution in [-0.2, 0) is 4.74 Å². The maximum Gasteiger partial charge on any atom is 0.254 e. The molecule has 2 rings (SSSR count). The molecule has 1 amide bonds. The molecule has 1 atom stereocenters. The molecule has 0 aliphatic carbocycles. The van der Waals surface area contributed by atoms with Crippen LogP contribution in [0.2, 0.25) is 0 Å². The summed E-state index contributed by atoms with van der Waals surface area (Å²) in [6.45, 7) is 7.20. The average Bonchev–Trinajstić information content (AvgIpc) is 2.52. The van der Waals surface area contributed by atoms with Gasteiger partial charge in [-0.1, -0.05) is 13.8 Å². The predicted molar refractivity (Wildman–Crippen MR) is 81.2 cm³/mol. The third-order valence-electron chi connectivity index (χ3n) is 3.59. The second-order valence-electron chi connectivity index (χ2n) is 5.16. The zero-order chi connectivity index (χ0) is 14.4. The number of benzene rings is 1. The van der Waals surface area contributed by atoms with Crippen LogP contribution in [-0.4, -0.2) is 43.2 Å². The first kappa shape index (κ1) is 14.9. The predicted octanol–water partition coefficient (Wildman–Crippen LogP) is 2.76. The Kier molecular flexibility index (Phi) is 5.41. The number of nitrogens with one attached hydrogen (secondary N) is 1. The van der Waals surface area contributed by atoms with Gasteiger partial charge in [0, 0.05) is 30.9 Å². The maximum absolute atomic E-state index is 12.4. The van der Waals surface area contributed by atoms with Gasteiger partial charge in [0.15, 0.2) is 0 Å². The van der Waals surface area contributed by atoms with Crippen molar-refractivity contribution < 1.29 is 9.53 Å². The Morgan fingerprint density at radius 2 is 2.10 bits per heavy atom. The van der Waals surface area contributed by atoms with E-state index in [1.807, 2.05) is 29.2 Å². The molecule has 0 aromatic heterocycles. The molecule has 0 saturated carbocycles. The molecule has 1 N–H and O–H groups in total. The number of ether oxygens (including phenoxy) is 1. The van der Waals surface area contributed by atoms with Gasteiger partial charge in [-0.05, 0) is 37.1 Å². The van der Waals surface area contributed by atoms with E-state index in [1.165, 1.54) is 0 Å². The molecule has 1 aromatic carbocycles. The minimum atomic E-state index is 0.105. The van der Waals surface area contributed by atoms with Gasteiger partial charge in [0.05, 0.1) is 12.7 Å². The highest BCUT2D eigenvalue weighted by atomic mass is 16.5. The lowest BCUT2D eigenvalue weighted by Crippen LogP contribution is -2.45. The van der Waals surface area contributed by atoms with E-state index in [2.05, 4.69) is 19.2 Å². The number of rotatable bonds is 5. The molecule has 0 spiro atoms. The van der Waals surface area contributed by atoms with Gasteiger partial charge in [0.2, 0.25) is 0 Å². The molecule has 1 aliphatic rings. The molecule has 4 heteroatoms. The molecular weight excluding hydrogens is 252 g/mol. The number of carbonyl (C=O) groups is 1.